The molecule has 0 amide bonds. The number of fused-ring (bicyclic) bond motifs is 3. The first-order chi connectivity index (χ1) is 14.6. The van der Waals surface area contributed by atoms with E-state index in [9.17, 15) is 9.59 Å². The zero-order chi connectivity index (χ0) is 20.7. The summed E-state index contributed by atoms with van der Waals surface area (Å²) in [6.45, 7) is 0. The minimum absolute atomic E-state index is 0.188. The van der Waals surface area contributed by atoms with Crippen LogP contribution in [0.4, 0.5) is 0 Å². The molecule has 5 heteroatoms. The van der Waals surface area contributed by atoms with Gasteiger partial charge in [0.05, 0.1) is 19.1 Å². The topological polar surface area (TPSA) is 61.8 Å². The minimum atomic E-state index is -0.297. The van der Waals surface area contributed by atoms with Crippen molar-refractivity contribution in [1.29, 1.82) is 0 Å². The molecule has 30 heavy (non-hydrogen) atoms. The van der Waals surface area contributed by atoms with Gasteiger partial charge in [-0.2, -0.15) is 0 Å². The normalized spacial score (nSPS) is 18.4. The van der Waals surface area contributed by atoms with Gasteiger partial charge in [0.15, 0.2) is 5.76 Å². The van der Waals surface area contributed by atoms with E-state index in [0.29, 0.717) is 17.1 Å². The van der Waals surface area contributed by atoms with Crippen LogP contribution in [0.25, 0.3) is 6.08 Å². The van der Waals surface area contributed by atoms with Crippen molar-refractivity contribution in [3.63, 3.8) is 0 Å². The Hall–Kier alpha value is -3.86. The van der Waals surface area contributed by atoms with Crippen molar-refractivity contribution in [3.8, 4) is 17.2 Å². The zero-order valence-electron chi connectivity index (χ0n) is 16.3. The second kappa shape index (κ2) is 7.19. The van der Waals surface area contributed by atoms with Gasteiger partial charge >= 0.3 is 5.97 Å². The number of benzene rings is 3. The molecule has 0 fully saturated rings. The highest BCUT2D eigenvalue weighted by molar-refractivity contribution is 6.15. The highest BCUT2D eigenvalue weighted by Crippen LogP contribution is 2.48. The molecule has 0 N–H and O–H groups in total. The van der Waals surface area contributed by atoms with Gasteiger partial charge in [-0.3, -0.25) is 9.59 Å². The monoisotopic (exact) mass is 398 g/mol. The number of allylic oxidation sites excluding steroid dienone is 1. The van der Waals surface area contributed by atoms with Crippen LogP contribution in [0.2, 0.25) is 0 Å². The van der Waals surface area contributed by atoms with Crippen molar-refractivity contribution in [2.45, 2.75) is 12.3 Å². The standard InChI is InChI=1S/C25H18O5/c1-28-17-9-7-15(8-10-17)13-21-24(27)18-11-12-20-23(25(18)30-21)19(14-22(26)29-20)16-5-3-2-4-6-16/h2-13,19H,14H2,1H3/b21-13-/t19-/m1/s1. The van der Waals surface area contributed by atoms with Gasteiger partial charge in [-0.15, -0.1) is 0 Å². The molecule has 1 atom stereocenters. The van der Waals surface area contributed by atoms with E-state index in [1.165, 1.54) is 0 Å². The summed E-state index contributed by atoms with van der Waals surface area (Å²) in [6.07, 6.45) is 1.91. The summed E-state index contributed by atoms with van der Waals surface area (Å²) in [6, 6.07) is 20.4. The van der Waals surface area contributed by atoms with Crippen molar-refractivity contribution in [2.75, 3.05) is 7.11 Å². The summed E-state index contributed by atoms with van der Waals surface area (Å²) in [4.78, 5) is 25.2. The van der Waals surface area contributed by atoms with Crippen LogP contribution in [0.3, 0.4) is 0 Å². The lowest BCUT2D eigenvalue weighted by Gasteiger charge is -2.26. The van der Waals surface area contributed by atoms with Crippen molar-refractivity contribution >= 4 is 17.8 Å². The molecule has 148 valence electrons. The molecule has 0 radical (unpaired) electrons. The summed E-state index contributed by atoms with van der Waals surface area (Å²) < 4.78 is 16.7. The van der Waals surface area contributed by atoms with Crippen molar-refractivity contribution < 1.29 is 23.8 Å². The van der Waals surface area contributed by atoms with Gasteiger partial charge in [-0.1, -0.05) is 42.5 Å². The molecule has 0 aromatic heterocycles. The van der Waals surface area contributed by atoms with E-state index in [1.54, 1.807) is 25.3 Å². The Morgan fingerprint density at radius 3 is 2.43 bits per heavy atom. The van der Waals surface area contributed by atoms with Gasteiger partial charge < -0.3 is 14.2 Å². The lowest BCUT2D eigenvalue weighted by molar-refractivity contribution is -0.135. The molecule has 5 nitrogen and oxygen atoms in total. The first-order valence-corrected chi connectivity index (χ1v) is 9.65. The molecule has 3 aromatic rings. The Kier molecular flexibility index (Phi) is 4.36. The smallest absolute Gasteiger partial charge is 0.312 e. The van der Waals surface area contributed by atoms with Crippen LogP contribution in [0, 0.1) is 0 Å². The largest absolute Gasteiger partial charge is 0.497 e. The van der Waals surface area contributed by atoms with E-state index in [2.05, 4.69) is 0 Å². The number of methoxy groups -OCH3 is 1. The van der Waals surface area contributed by atoms with E-state index >= 15 is 0 Å². The number of carbonyl (C=O) groups excluding carboxylic acids is 2. The van der Waals surface area contributed by atoms with Crippen molar-refractivity contribution in [2.24, 2.45) is 0 Å². The third-order valence-electron chi connectivity index (χ3n) is 5.40. The molecular formula is C25H18O5. The summed E-state index contributed by atoms with van der Waals surface area (Å²) in [5, 5.41) is 0. The molecule has 3 aromatic carbocycles. The Morgan fingerprint density at radius 1 is 0.933 bits per heavy atom. The van der Waals surface area contributed by atoms with Gasteiger partial charge in [-0.05, 0) is 41.5 Å². The molecule has 2 aliphatic heterocycles. The lowest BCUT2D eigenvalue weighted by atomic mass is 9.85. The van der Waals surface area contributed by atoms with Crippen LogP contribution < -0.4 is 14.2 Å². The van der Waals surface area contributed by atoms with Crippen LogP contribution in [0.1, 0.15) is 39.4 Å². The summed E-state index contributed by atoms with van der Waals surface area (Å²) in [7, 11) is 1.60. The zero-order valence-corrected chi connectivity index (χ0v) is 16.3. The van der Waals surface area contributed by atoms with E-state index < -0.39 is 0 Å². The van der Waals surface area contributed by atoms with Crippen LogP contribution in [-0.4, -0.2) is 18.9 Å². The van der Waals surface area contributed by atoms with Gasteiger partial charge in [0.25, 0.3) is 0 Å². The van der Waals surface area contributed by atoms with E-state index in [4.69, 9.17) is 14.2 Å². The number of hydrogen-bond acceptors (Lipinski definition) is 5. The number of esters is 1. The molecule has 0 bridgehead atoms. The van der Waals surface area contributed by atoms with Crippen LogP contribution >= 0.6 is 0 Å². The molecule has 0 saturated carbocycles. The molecule has 0 unspecified atom stereocenters. The molecular weight excluding hydrogens is 380 g/mol. The quantitative estimate of drug-likeness (QED) is 0.362. The second-order valence-electron chi connectivity index (χ2n) is 7.21. The number of ether oxygens (including phenoxy) is 3. The second-order valence-corrected chi connectivity index (χ2v) is 7.21. The maximum absolute atomic E-state index is 13.0. The number of ketones is 1. The fourth-order valence-corrected chi connectivity index (χ4v) is 3.93. The van der Waals surface area contributed by atoms with Crippen LogP contribution in [-0.2, 0) is 4.79 Å². The molecule has 0 spiro atoms. The summed E-state index contributed by atoms with van der Waals surface area (Å²) in [5.74, 6) is 1.18. The summed E-state index contributed by atoms with van der Waals surface area (Å²) in [5.41, 5.74) is 3.02. The maximum atomic E-state index is 13.0. The van der Waals surface area contributed by atoms with Crippen molar-refractivity contribution in [3.05, 3.63) is 94.7 Å². The third-order valence-corrected chi connectivity index (χ3v) is 5.40. The number of Topliss-reactive ketones (excluding diaryl/α,β-unsaturated/α-hetero) is 1. The maximum Gasteiger partial charge on any atom is 0.312 e. The predicted octanol–water partition coefficient (Wildman–Crippen LogP) is 4.75. The highest BCUT2D eigenvalue weighted by Gasteiger charge is 2.38. The average molecular weight is 398 g/mol. The summed E-state index contributed by atoms with van der Waals surface area (Å²) >= 11 is 0. The first-order valence-electron chi connectivity index (χ1n) is 9.65. The predicted molar refractivity (Wildman–Crippen MR) is 111 cm³/mol. The number of hydrogen-bond donors (Lipinski definition) is 0. The van der Waals surface area contributed by atoms with Gasteiger partial charge in [0.2, 0.25) is 5.78 Å². The Morgan fingerprint density at radius 2 is 1.70 bits per heavy atom. The molecule has 0 saturated heterocycles. The fraction of sp³-hybridized carbons (Fsp3) is 0.120. The lowest BCUT2D eigenvalue weighted by Crippen LogP contribution is -2.21. The first kappa shape index (κ1) is 18.2. The highest BCUT2D eigenvalue weighted by atomic mass is 16.5. The van der Waals surface area contributed by atoms with Gasteiger partial charge in [0, 0.05) is 11.5 Å². The Labute approximate surface area is 173 Å². The molecule has 2 aliphatic rings. The molecule has 2 heterocycles. The van der Waals surface area contributed by atoms with E-state index in [0.717, 1.165) is 22.4 Å². The van der Waals surface area contributed by atoms with Crippen LogP contribution in [0.5, 0.6) is 17.2 Å². The fourth-order valence-electron chi connectivity index (χ4n) is 3.93. The van der Waals surface area contributed by atoms with Crippen molar-refractivity contribution in [1.82, 2.24) is 0 Å². The number of carbonyl (C=O) groups is 2. The molecule has 5 rings (SSSR count). The SMILES string of the molecule is COc1ccc(/C=C2\Oc3c(ccc4c3[C@@H](c3ccccc3)CC(=O)O4)C2=O)cc1. The van der Waals surface area contributed by atoms with E-state index in [-0.39, 0.29) is 29.9 Å². The number of rotatable bonds is 3. The Bertz CT molecular complexity index is 1180. The van der Waals surface area contributed by atoms with Gasteiger partial charge in [-0.25, -0.2) is 0 Å². The third kappa shape index (κ3) is 3.05. The average Bonchev–Trinajstić information content (AvgIpc) is 3.09. The molecule has 0 aliphatic carbocycles. The van der Waals surface area contributed by atoms with Crippen LogP contribution in [0.15, 0.2) is 72.5 Å². The minimum Gasteiger partial charge on any atom is -0.497 e. The van der Waals surface area contributed by atoms with E-state index in [1.807, 2.05) is 54.6 Å². The Balaban J connectivity index is 1.58. The van der Waals surface area contributed by atoms with Gasteiger partial charge in [0.1, 0.15) is 17.2 Å².